The predicted octanol–water partition coefficient (Wildman–Crippen LogP) is 3.58. The van der Waals surface area contributed by atoms with Gasteiger partial charge in [0.15, 0.2) is 9.84 Å². The lowest BCUT2D eigenvalue weighted by molar-refractivity contribution is -0.122. The average Bonchev–Trinajstić information content (AvgIpc) is 2.97. The first-order valence-corrected chi connectivity index (χ1v) is 11.7. The molecule has 1 atom stereocenters. The van der Waals surface area contributed by atoms with Gasteiger partial charge in [0, 0.05) is 6.26 Å². The number of fused-ring (bicyclic) bond motifs is 1. The highest BCUT2D eigenvalue weighted by Gasteiger charge is 2.18. The van der Waals surface area contributed by atoms with Crippen molar-refractivity contribution in [1.82, 2.24) is 14.9 Å². The first-order valence-electron chi connectivity index (χ1n) is 9.65. The van der Waals surface area contributed by atoms with Crippen LogP contribution in [0.4, 0.5) is 0 Å². The van der Waals surface area contributed by atoms with Gasteiger partial charge >= 0.3 is 0 Å². The van der Waals surface area contributed by atoms with Crippen LogP contribution >= 0.6 is 0 Å². The Bertz CT molecular complexity index is 1120. The van der Waals surface area contributed by atoms with E-state index in [9.17, 15) is 13.2 Å². The molecular weight excluding hydrogens is 386 g/mol. The smallest absolute Gasteiger partial charge is 0.240 e. The molecule has 0 spiro atoms. The van der Waals surface area contributed by atoms with Crippen LogP contribution in [0.2, 0.25) is 0 Å². The number of sulfone groups is 1. The number of carbonyl (C=O) groups is 1. The van der Waals surface area contributed by atoms with E-state index in [0.29, 0.717) is 17.3 Å². The van der Waals surface area contributed by atoms with E-state index in [0.717, 1.165) is 11.1 Å². The summed E-state index contributed by atoms with van der Waals surface area (Å²) in [6.07, 6.45) is 1.17. The summed E-state index contributed by atoms with van der Waals surface area (Å²) in [6.45, 7) is 6.24. The van der Waals surface area contributed by atoms with Gasteiger partial charge in [-0.05, 0) is 36.1 Å². The van der Waals surface area contributed by atoms with Gasteiger partial charge in [0.1, 0.15) is 18.1 Å². The molecule has 0 aliphatic heterocycles. The largest absolute Gasteiger partial charge is 0.348 e. The van der Waals surface area contributed by atoms with E-state index < -0.39 is 9.84 Å². The third kappa shape index (κ3) is 5.23. The van der Waals surface area contributed by atoms with Crippen LogP contribution in [0.1, 0.15) is 49.7 Å². The standard InChI is InChI=1S/C22H27N3O3S/c1-15(2)17-9-11-18(12-10-17)16(3)23-22(26)13-25-20-8-6-5-7-19(20)24-21(25)14-29(4,27)28/h5-12,15-16H,13-14H2,1-4H3,(H,23,26)/t16-/m0/s1. The Labute approximate surface area is 171 Å². The molecule has 1 N–H and O–H groups in total. The summed E-state index contributed by atoms with van der Waals surface area (Å²) in [6, 6.07) is 15.4. The van der Waals surface area contributed by atoms with E-state index in [4.69, 9.17) is 0 Å². The maximum Gasteiger partial charge on any atom is 0.240 e. The zero-order valence-electron chi connectivity index (χ0n) is 17.2. The van der Waals surface area contributed by atoms with Gasteiger partial charge < -0.3 is 9.88 Å². The number of nitrogens with zero attached hydrogens (tertiary/aromatic N) is 2. The molecule has 0 saturated carbocycles. The van der Waals surface area contributed by atoms with Gasteiger partial charge in [-0.25, -0.2) is 13.4 Å². The van der Waals surface area contributed by atoms with E-state index in [1.807, 2.05) is 43.3 Å². The summed E-state index contributed by atoms with van der Waals surface area (Å²) in [5, 5.41) is 3.00. The molecule has 0 aliphatic carbocycles. The molecule has 29 heavy (non-hydrogen) atoms. The minimum atomic E-state index is -3.28. The first-order chi connectivity index (χ1) is 13.6. The summed E-state index contributed by atoms with van der Waals surface area (Å²) >= 11 is 0. The van der Waals surface area contributed by atoms with E-state index in [2.05, 4.69) is 36.3 Å². The molecule has 0 aliphatic rings. The first kappa shape index (κ1) is 21.0. The lowest BCUT2D eigenvalue weighted by Gasteiger charge is -2.16. The average molecular weight is 414 g/mol. The number of amides is 1. The minimum Gasteiger partial charge on any atom is -0.348 e. The fourth-order valence-electron chi connectivity index (χ4n) is 3.33. The Morgan fingerprint density at radius 1 is 1.03 bits per heavy atom. The van der Waals surface area contributed by atoms with Gasteiger partial charge in [-0.3, -0.25) is 4.79 Å². The number of rotatable bonds is 7. The fourth-order valence-corrected chi connectivity index (χ4v) is 4.02. The topological polar surface area (TPSA) is 81.1 Å². The molecule has 154 valence electrons. The van der Waals surface area contributed by atoms with Crippen molar-refractivity contribution < 1.29 is 13.2 Å². The number of para-hydroxylation sites is 2. The highest BCUT2D eigenvalue weighted by atomic mass is 32.2. The normalized spacial score (nSPS) is 13.0. The number of benzene rings is 2. The van der Waals surface area contributed by atoms with Gasteiger partial charge in [-0.1, -0.05) is 50.2 Å². The summed E-state index contributed by atoms with van der Waals surface area (Å²) in [7, 11) is -3.28. The molecule has 0 bridgehead atoms. The van der Waals surface area contributed by atoms with Crippen molar-refractivity contribution in [3.05, 3.63) is 65.5 Å². The third-order valence-corrected chi connectivity index (χ3v) is 5.69. The Balaban J connectivity index is 1.79. The number of carbonyl (C=O) groups excluding carboxylic acids is 1. The zero-order valence-corrected chi connectivity index (χ0v) is 18.0. The monoisotopic (exact) mass is 413 g/mol. The maximum absolute atomic E-state index is 12.7. The summed E-state index contributed by atoms with van der Waals surface area (Å²) in [5.41, 5.74) is 3.70. The van der Waals surface area contributed by atoms with Crippen LogP contribution in [0.15, 0.2) is 48.5 Å². The van der Waals surface area contributed by atoms with Crippen molar-refractivity contribution >= 4 is 26.8 Å². The predicted molar refractivity (Wildman–Crippen MR) is 115 cm³/mol. The molecule has 0 radical (unpaired) electrons. The van der Waals surface area contributed by atoms with Crippen LogP contribution in [0.3, 0.4) is 0 Å². The molecule has 1 amide bonds. The van der Waals surface area contributed by atoms with Gasteiger partial charge in [0.2, 0.25) is 5.91 Å². The Hall–Kier alpha value is -2.67. The quantitative estimate of drug-likeness (QED) is 0.642. The SMILES string of the molecule is CC(C)c1ccc([C@H](C)NC(=O)Cn2c(CS(C)(=O)=O)nc3ccccc32)cc1. The second-order valence-corrected chi connectivity index (χ2v) is 9.92. The Morgan fingerprint density at radius 3 is 2.28 bits per heavy atom. The molecule has 6 nitrogen and oxygen atoms in total. The van der Waals surface area contributed by atoms with Crippen LogP contribution in [-0.2, 0) is 26.9 Å². The van der Waals surface area contributed by atoms with E-state index in [1.54, 1.807) is 4.57 Å². The molecular formula is C22H27N3O3S. The molecule has 2 aromatic carbocycles. The van der Waals surface area contributed by atoms with Crippen molar-refractivity contribution in [3.63, 3.8) is 0 Å². The number of nitrogens with one attached hydrogen (secondary N) is 1. The van der Waals surface area contributed by atoms with Crippen molar-refractivity contribution in [2.24, 2.45) is 0 Å². The maximum atomic E-state index is 12.7. The van der Waals surface area contributed by atoms with Crippen LogP contribution < -0.4 is 5.32 Å². The molecule has 3 rings (SSSR count). The highest BCUT2D eigenvalue weighted by Crippen LogP contribution is 2.20. The van der Waals surface area contributed by atoms with Gasteiger partial charge in [-0.15, -0.1) is 0 Å². The highest BCUT2D eigenvalue weighted by molar-refractivity contribution is 7.89. The van der Waals surface area contributed by atoms with Crippen LogP contribution in [0.5, 0.6) is 0 Å². The second-order valence-electron chi connectivity index (χ2n) is 7.78. The van der Waals surface area contributed by atoms with Gasteiger partial charge in [-0.2, -0.15) is 0 Å². The van der Waals surface area contributed by atoms with Gasteiger partial charge in [0.05, 0.1) is 17.1 Å². The minimum absolute atomic E-state index is 0.0137. The van der Waals surface area contributed by atoms with Crippen LogP contribution in [0.25, 0.3) is 11.0 Å². The van der Waals surface area contributed by atoms with Crippen molar-refractivity contribution in [1.29, 1.82) is 0 Å². The summed E-state index contributed by atoms with van der Waals surface area (Å²) < 4.78 is 25.3. The fraction of sp³-hybridized carbons (Fsp3) is 0.364. The van der Waals surface area contributed by atoms with E-state index in [-0.39, 0.29) is 24.2 Å². The van der Waals surface area contributed by atoms with E-state index in [1.165, 1.54) is 11.8 Å². The number of hydrogen-bond donors (Lipinski definition) is 1. The lowest BCUT2D eigenvalue weighted by Crippen LogP contribution is -2.30. The Morgan fingerprint density at radius 2 is 1.66 bits per heavy atom. The van der Waals surface area contributed by atoms with Crippen molar-refractivity contribution in [3.8, 4) is 0 Å². The zero-order chi connectivity index (χ0) is 21.2. The van der Waals surface area contributed by atoms with Crippen LogP contribution in [0, 0.1) is 0 Å². The number of hydrogen-bond acceptors (Lipinski definition) is 4. The molecule has 0 saturated heterocycles. The van der Waals surface area contributed by atoms with Crippen molar-refractivity contribution in [2.75, 3.05) is 6.26 Å². The molecule has 1 heterocycles. The molecule has 7 heteroatoms. The summed E-state index contributed by atoms with van der Waals surface area (Å²) in [5.74, 6) is 0.430. The molecule has 1 aromatic heterocycles. The number of aromatic nitrogens is 2. The Kier molecular flexibility index (Phi) is 6.07. The second kappa shape index (κ2) is 8.37. The van der Waals surface area contributed by atoms with Crippen LogP contribution in [-0.4, -0.2) is 30.1 Å². The van der Waals surface area contributed by atoms with Gasteiger partial charge in [0.25, 0.3) is 0 Å². The molecule has 3 aromatic rings. The molecule has 0 fully saturated rings. The molecule has 0 unspecified atom stereocenters. The third-order valence-electron chi connectivity index (χ3n) is 4.91. The summed E-state index contributed by atoms with van der Waals surface area (Å²) in [4.78, 5) is 17.1. The lowest BCUT2D eigenvalue weighted by atomic mass is 9.99. The van der Waals surface area contributed by atoms with E-state index >= 15 is 0 Å². The number of imidazole rings is 1. The van der Waals surface area contributed by atoms with Crippen molar-refractivity contribution in [2.45, 2.75) is 45.0 Å².